The van der Waals surface area contributed by atoms with Crippen LogP contribution in [0.5, 0.6) is 11.5 Å². The highest BCUT2D eigenvalue weighted by Crippen LogP contribution is 2.20. The molecule has 0 aliphatic carbocycles. The maximum Gasteiger partial charge on any atom is 0.259 e. The van der Waals surface area contributed by atoms with E-state index in [-0.39, 0.29) is 18.2 Å². The van der Waals surface area contributed by atoms with Crippen molar-refractivity contribution in [3.05, 3.63) is 23.8 Å². The Bertz CT molecular complexity index is 647. The van der Waals surface area contributed by atoms with Crippen LogP contribution in [0.15, 0.2) is 23.3 Å². The summed E-state index contributed by atoms with van der Waals surface area (Å²) in [6, 6.07) is 4.70. The van der Waals surface area contributed by atoms with E-state index in [1.807, 2.05) is 0 Å². The van der Waals surface area contributed by atoms with Gasteiger partial charge in [-0.25, -0.2) is 5.43 Å². The molecule has 1 aromatic carbocycles. The third kappa shape index (κ3) is 11.8. The van der Waals surface area contributed by atoms with E-state index in [2.05, 4.69) is 22.8 Å². The van der Waals surface area contributed by atoms with Gasteiger partial charge < -0.3 is 15.2 Å². The molecule has 0 atom stereocenters. The van der Waals surface area contributed by atoms with Crippen molar-refractivity contribution in [1.29, 1.82) is 0 Å². The van der Waals surface area contributed by atoms with Crippen molar-refractivity contribution in [1.82, 2.24) is 10.7 Å². The van der Waals surface area contributed by atoms with E-state index in [9.17, 15) is 14.7 Å². The van der Waals surface area contributed by atoms with Gasteiger partial charge in [-0.15, -0.1) is 0 Å². The largest absolute Gasteiger partial charge is 0.507 e. The average molecular weight is 406 g/mol. The highest BCUT2D eigenvalue weighted by atomic mass is 16.5. The van der Waals surface area contributed by atoms with E-state index in [0.29, 0.717) is 17.7 Å². The first-order valence-electron chi connectivity index (χ1n) is 10.5. The summed E-state index contributed by atoms with van der Waals surface area (Å²) in [4.78, 5) is 23.5. The molecule has 1 aromatic rings. The Kier molecular flexibility index (Phi) is 13.0. The van der Waals surface area contributed by atoms with Gasteiger partial charge in [-0.05, 0) is 24.6 Å². The number of phenolic OH excluding ortho intramolecular Hbond substituents is 1. The van der Waals surface area contributed by atoms with Crippen molar-refractivity contribution in [3.63, 3.8) is 0 Å². The highest BCUT2D eigenvalue weighted by molar-refractivity contribution is 5.87. The van der Waals surface area contributed by atoms with E-state index in [1.54, 1.807) is 12.1 Å². The first-order valence-corrected chi connectivity index (χ1v) is 10.5. The lowest BCUT2D eigenvalue weighted by atomic mass is 10.1. The molecule has 0 unspecified atom stereocenters. The summed E-state index contributed by atoms with van der Waals surface area (Å²) < 4.78 is 5.07. The van der Waals surface area contributed by atoms with Gasteiger partial charge in [-0.2, -0.15) is 5.10 Å². The molecule has 1 rings (SSSR count). The van der Waals surface area contributed by atoms with E-state index in [4.69, 9.17) is 4.74 Å². The van der Waals surface area contributed by atoms with Gasteiger partial charge in [0.2, 0.25) is 5.91 Å². The second-order valence-electron chi connectivity index (χ2n) is 7.07. The predicted octanol–water partition coefficient (Wildman–Crippen LogP) is 3.89. The van der Waals surface area contributed by atoms with Crippen LogP contribution in [0.3, 0.4) is 0 Å². The molecule has 7 heteroatoms. The van der Waals surface area contributed by atoms with Gasteiger partial charge >= 0.3 is 0 Å². The zero-order chi connectivity index (χ0) is 21.3. The van der Waals surface area contributed by atoms with Crippen molar-refractivity contribution in [2.45, 2.75) is 71.1 Å². The number of ether oxygens (including phenoxy) is 1. The summed E-state index contributed by atoms with van der Waals surface area (Å²) in [5, 5.41) is 16.1. The summed E-state index contributed by atoms with van der Waals surface area (Å²) in [6.07, 6.45) is 12.5. The molecule has 0 aliphatic rings. The molecule has 3 N–H and O–H groups in total. The van der Waals surface area contributed by atoms with Gasteiger partial charge in [0.05, 0.1) is 19.9 Å². The molecule has 0 saturated heterocycles. The summed E-state index contributed by atoms with van der Waals surface area (Å²) >= 11 is 0. The van der Waals surface area contributed by atoms with Gasteiger partial charge in [0.15, 0.2) is 0 Å². The zero-order valence-electron chi connectivity index (χ0n) is 17.7. The van der Waals surface area contributed by atoms with Crippen LogP contribution < -0.4 is 15.5 Å². The van der Waals surface area contributed by atoms with Gasteiger partial charge in [-0.3, -0.25) is 9.59 Å². The highest BCUT2D eigenvalue weighted by Gasteiger charge is 2.05. The second-order valence-corrected chi connectivity index (χ2v) is 7.07. The van der Waals surface area contributed by atoms with E-state index in [0.717, 1.165) is 19.3 Å². The van der Waals surface area contributed by atoms with Crippen molar-refractivity contribution in [2.24, 2.45) is 5.10 Å². The van der Waals surface area contributed by atoms with Crippen LogP contribution in [-0.4, -0.2) is 36.8 Å². The number of unbranched alkanes of at least 4 members (excludes halogenated alkanes) is 8. The number of nitrogens with one attached hydrogen (secondary N) is 2. The number of carbonyl (C=O) groups is 2. The number of amides is 2. The van der Waals surface area contributed by atoms with E-state index >= 15 is 0 Å². The molecule has 29 heavy (non-hydrogen) atoms. The van der Waals surface area contributed by atoms with Crippen LogP contribution >= 0.6 is 0 Å². The van der Waals surface area contributed by atoms with Crippen LogP contribution in [0.4, 0.5) is 0 Å². The van der Waals surface area contributed by atoms with Crippen molar-refractivity contribution >= 4 is 18.0 Å². The fourth-order valence-electron chi connectivity index (χ4n) is 2.84. The lowest BCUT2D eigenvalue weighted by Gasteiger charge is -2.05. The summed E-state index contributed by atoms with van der Waals surface area (Å²) in [6.45, 7) is 2.09. The number of hydrogen-bond acceptors (Lipinski definition) is 5. The Morgan fingerprint density at radius 3 is 2.34 bits per heavy atom. The minimum atomic E-state index is -0.427. The molecule has 0 spiro atoms. The smallest absolute Gasteiger partial charge is 0.259 e. The fraction of sp³-hybridized carbons (Fsp3) is 0.591. The maximum absolute atomic E-state index is 11.8. The molecule has 0 fully saturated rings. The lowest BCUT2D eigenvalue weighted by Crippen LogP contribution is -2.34. The Hall–Kier alpha value is -2.57. The standard InChI is InChI=1S/C22H35N3O4/c1-3-4-5-6-7-8-9-10-11-12-21(27)23-17-22(28)25-24-16-18-15-19(29-2)13-14-20(18)26/h13-16,26H,3-12,17H2,1-2H3,(H,23,27)(H,25,28)/b24-16+. The Morgan fingerprint density at radius 2 is 1.69 bits per heavy atom. The number of hydrogen-bond donors (Lipinski definition) is 3. The number of phenols is 1. The monoisotopic (exact) mass is 405 g/mol. The first kappa shape index (κ1) is 24.5. The molecule has 0 radical (unpaired) electrons. The molecule has 2 amide bonds. The van der Waals surface area contributed by atoms with Crippen molar-refractivity contribution < 1.29 is 19.4 Å². The molecule has 0 aromatic heterocycles. The van der Waals surface area contributed by atoms with Gasteiger partial charge in [0.25, 0.3) is 5.91 Å². The fourth-order valence-corrected chi connectivity index (χ4v) is 2.84. The average Bonchev–Trinajstić information content (AvgIpc) is 2.72. The second kappa shape index (κ2) is 15.4. The van der Waals surface area contributed by atoms with Crippen LogP contribution in [0.25, 0.3) is 0 Å². The van der Waals surface area contributed by atoms with E-state index < -0.39 is 5.91 Å². The Balaban J connectivity index is 2.11. The minimum absolute atomic E-state index is 0.0260. The Labute approximate surface area is 173 Å². The molecular weight excluding hydrogens is 370 g/mol. The molecule has 162 valence electrons. The van der Waals surface area contributed by atoms with Crippen molar-refractivity contribution in [3.8, 4) is 11.5 Å². The zero-order valence-corrected chi connectivity index (χ0v) is 17.7. The topological polar surface area (TPSA) is 100 Å². The van der Waals surface area contributed by atoms with Crippen LogP contribution in [0, 0.1) is 0 Å². The van der Waals surface area contributed by atoms with Gasteiger partial charge in [-0.1, -0.05) is 58.3 Å². The number of rotatable bonds is 15. The SMILES string of the molecule is CCCCCCCCCCCC(=O)NCC(=O)N/N=C/c1cc(OC)ccc1O. The quantitative estimate of drug-likeness (QED) is 0.234. The lowest BCUT2D eigenvalue weighted by molar-refractivity contribution is -0.126. The minimum Gasteiger partial charge on any atom is -0.507 e. The van der Waals surface area contributed by atoms with Crippen LogP contribution in [0.1, 0.15) is 76.7 Å². The molecule has 0 aliphatic heterocycles. The first-order chi connectivity index (χ1) is 14.1. The van der Waals surface area contributed by atoms with Crippen molar-refractivity contribution in [2.75, 3.05) is 13.7 Å². The number of aromatic hydroxyl groups is 1. The van der Waals surface area contributed by atoms with E-state index in [1.165, 1.54) is 57.9 Å². The summed E-state index contributed by atoms with van der Waals surface area (Å²) in [5.74, 6) is 0.0407. The number of carbonyl (C=O) groups excluding carboxylic acids is 2. The van der Waals surface area contributed by atoms with Gasteiger partial charge in [0.1, 0.15) is 11.5 Å². The Morgan fingerprint density at radius 1 is 1.03 bits per heavy atom. The summed E-state index contributed by atoms with van der Waals surface area (Å²) in [7, 11) is 1.52. The maximum atomic E-state index is 11.8. The summed E-state index contributed by atoms with van der Waals surface area (Å²) in [5.41, 5.74) is 2.74. The predicted molar refractivity (Wildman–Crippen MR) is 115 cm³/mol. The molecular formula is C22H35N3O4. The number of hydrazone groups is 1. The third-order valence-electron chi connectivity index (χ3n) is 4.58. The van der Waals surface area contributed by atoms with Gasteiger partial charge in [0, 0.05) is 12.0 Å². The number of nitrogens with zero attached hydrogens (tertiary/aromatic N) is 1. The third-order valence-corrected chi connectivity index (χ3v) is 4.58. The molecule has 0 bridgehead atoms. The number of benzene rings is 1. The normalized spacial score (nSPS) is 10.8. The number of methoxy groups -OCH3 is 1. The van der Waals surface area contributed by atoms with Crippen LogP contribution in [0.2, 0.25) is 0 Å². The van der Waals surface area contributed by atoms with Crippen LogP contribution in [-0.2, 0) is 9.59 Å². The molecule has 0 saturated carbocycles. The molecule has 7 nitrogen and oxygen atoms in total. The molecule has 0 heterocycles.